The molecule has 1 N–H and O–H groups in total. The lowest BCUT2D eigenvalue weighted by molar-refractivity contribution is -0.113. The summed E-state index contributed by atoms with van der Waals surface area (Å²) in [5.41, 5.74) is 5.16. The van der Waals surface area contributed by atoms with Gasteiger partial charge in [0.1, 0.15) is 0 Å². The Labute approximate surface area is 226 Å². The van der Waals surface area contributed by atoms with Gasteiger partial charge < -0.3 is 5.32 Å². The lowest BCUT2D eigenvalue weighted by atomic mass is 9.95. The van der Waals surface area contributed by atoms with E-state index in [-0.39, 0.29) is 11.5 Å². The first-order valence-electron chi connectivity index (χ1n) is 12.0. The molecule has 1 aliphatic heterocycles. The number of anilines is 1. The van der Waals surface area contributed by atoms with Crippen molar-refractivity contribution in [3.8, 4) is 0 Å². The monoisotopic (exact) mass is 575 g/mol. The summed E-state index contributed by atoms with van der Waals surface area (Å²) in [6, 6.07) is 16.4. The number of allylic oxidation sites excluding steroid dienone is 1. The molecule has 1 unspecified atom stereocenters. The van der Waals surface area contributed by atoms with Crippen LogP contribution < -0.4 is 20.2 Å². The van der Waals surface area contributed by atoms with Gasteiger partial charge in [0.05, 0.1) is 27.5 Å². The molecule has 0 spiro atoms. The van der Waals surface area contributed by atoms with E-state index in [1.165, 1.54) is 11.3 Å². The van der Waals surface area contributed by atoms with Gasteiger partial charge in [0.15, 0.2) is 4.80 Å². The highest BCUT2D eigenvalue weighted by Crippen LogP contribution is 2.31. The van der Waals surface area contributed by atoms with E-state index in [0.717, 1.165) is 33.5 Å². The van der Waals surface area contributed by atoms with Gasteiger partial charge in [0.2, 0.25) is 0 Å². The van der Waals surface area contributed by atoms with Gasteiger partial charge in [0.25, 0.3) is 11.5 Å². The second-order valence-corrected chi connectivity index (χ2v) is 10.8. The summed E-state index contributed by atoms with van der Waals surface area (Å²) >= 11 is 4.82. The van der Waals surface area contributed by atoms with Crippen LogP contribution in [0.1, 0.15) is 42.4 Å². The van der Waals surface area contributed by atoms with Crippen LogP contribution in [0.25, 0.3) is 6.08 Å². The van der Waals surface area contributed by atoms with Crippen molar-refractivity contribution in [2.45, 2.75) is 40.3 Å². The molecule has 3 heterocycles. The number of benzene rings is 2. The molecule has 0 bridgehead atoms. The van der Waals surface area contributed by atoms with Gasteiger partial charge in [-0.25, -0.2) is 4.99 Å². The highest BCUT2D eigenvalue weighted by molar-refractivity contribution is 9.10. The van der Waals surface area contributed by atoms with Crippen LogP contribution >= 0.6 is 27.3 Å². The number of rotatable bonds is 5. The molecule has 2 aromatic heterocycles. The minimum atomic E-state index is -0.615. The van der Waals surface area contributed by atoms with Gasteiger partial charge in [-0.15, -0.1) is 0 Å². The summed E-state index contributed by atoms with van der Waals surface area (Å²) in [5, 5.41) is 7.56. The molecule has 0 fully saturated rings. The van der Waals surface area contributed by atoms with Crippen LogP contribution in [-0.2, 0) is 11.3 Å². The van der Waals surface area contributed by atoms with E-state index in [9.17, 15) is 9.59 Å². The Morgan fingerprint density at radius 2 is 1.81 bits per heavy atom. The van der Waals surface area contributed by atoms with E-state index >= 15 is 0 Å². The van der Waals surface area contributed by atoms with E-state index in [4.69, 9.17) is 4.99 Å². The number of carbonyl (C=O) groups excluding carboxylic acids is 1. The van der Waals surface area contributed by atoms with E-state index < -0.39 is 6.04 Å². The fourth-order valence-corrected chi connectivity index (χ4v) is 5.94. The molecule has 4 aromatic rings. The van der Waals surface area contributed by atoms with Crippen LogP contribution in [0.15, 0.2) is 80.1 Å². The lowest BCUT2D eigenvalue weighted by Crippen LogP contribution is -2.40. The SMILES string of the molecule is CCn1nc(C)c(/C=c2/sc3n(c2=O)C(c2ccc(Br)cc2)C(C(=O)Nc2ccccc2)=C(C)N=3)c1C. The zero-order valence-corrected chi connectivity index (χ0v) is 23.4. The summed E-state index contributed by atoms with van der Waals surface area (Å²) in [4.78, 5) is 32.8. The second-order valence-electron chi connectivity index (χ2n) is 8.85. The van der Waals surface area contributed by atoms with Crippen molar-refractivity contribution in [1.29, 1.82) is 0 Å². The second kappa shape index (κ2) is 10.1. The number of para-hydroxylation sites is 1. The molecule has 0 saturated heterocycles. The Morgan fingerprint density at radius 3 is 2.46 bits per heavy atom. The molecule has 9 heteroatoms. The molecule has 0 saturated carbocycles. The third-order valence-corrected chi connectivity index (χ3v) is 8.01. The molecular weight excluding hydrogens is 550 g/mol. The van der Waals surface area contributed by atoms with Crippen molar-refractivity contribution in [2.24, 2.45) is 4.99 Å². The number of amides is 1. The molecule has 7 nitrogen and oxygen atoms in total. The summed E-state index contributed by atoms with van der Waals surface area (Å²) in [6.07, 6.45) is 1.90. The summed E-state index contributed by atoms with van der Waals surface area (Å²) in [7, 11) is 0. The first kappa shape index (κ1) is 25.1. The number of carbonyl (C=O) groups is 1. The van der Waals surface area contributed by atoms with Gasteiger partial charge >= 0.3 is 0 Å². The van der Waals surface area contributed by atoms with E-state index in [1.807, 2.05) is 93.1 Å². The predicted octanol–water partition coefficient (Wildman–Crippen LogP) is 4.47. The molecular formula is C28H26BrN5O2S. The number of hydrogen-bond donors (Lipinski definition) is 1. The topological polar surface area (TPSA) is 81.3 Å². The molecule has 0 aliphatic carbocycles. The average molecular weight is 577 g/mol. The van der Waals surface area contributed by atoms with Crippen LogP contribution in [0.2, 0.25) is 0 Å². The number of aryl methyl sites for hydroxylation is 2. The quantitative estimate of drug-likeness (QED) is 0.381. The number of fused-ring (bicyclic) bond motifs is 1. The van der Waals surface area contributed by atoms with Crippen molar-refractivity contribution in [3.05, 3.63) is 113 Å². The Balaban J connectivity index is 1.69. The third kappa shape index (κ3) is 4.65. The van der Waals surface area contributed by atoms with Gasteiger partial charge in [-0.2, -0.15) is 5.10 Å². The highest BCUT2D eigenvalue weighted by Gasteiger charge is 2.32. The summed E-state index contributed by atoms with van der Waals surface area (Å²) < 4.78 is 5.04. The Hall–Kier alpha value is -3.56. The molecule has 2 aromatic carbocycles. The fourth-order valence-electron chi connectivity index (χ4n) is 4.65. The number of halogens is 1. The van der Waals surface area contributed by atoms with Crippen molar-refractivity contribution in [3.63, 3.8) is 0 Å². The number of nitrogens with one attached hydrogen (secondary N) is 1. The number of hydrogen-bond acceptors (Lipinski definition) is 5. The Kier molecular flexibility index (Phi) is 6.83. The smallest absolute Gasteiger partial charge is 0.271 e. The van der Waals surface area contributed by atoms with Crippen molar-refractivity contribution in [1.82, 2.24) is 14.3 Å². The van der Waals surface area contributed by atoms with E-state index in [0.29, 0.717) is 26.3 Å². The summed E-state index contributed by atoms with van der Waals surface area (Å²) in [5.74, 6) is -0.287. The highest BCUT2D eigenvalue weighted by atomic mass is 79.9. The zero-order chi connectivity index (χ0) is 26.3. The first-order chi connectivity index (χ1) is 17.8. The maximum Gasteiger partial charge on any atom is 0.271 e. The lowest BCUT2D eigenvalue weighted by Gasteiger charge is -2.25. The normalized spacial score (nSPS) is 15.5. The number of aromatic nitrogens is 3. The maximum atomic E-state index is 13.9. The van der Waals surface area contributed by atoms with Crippen LogP contribution in [0.5, 0.6) is 0 Å². The van der Waals surface area contributed by atoms with Crippen molar-refractivity contribution in [2.75, 3.05) is 5.32 Å². The van der Waals surface area contributed by atoms with Crippen LogP contribution in [0, 0.1) is 13.8 Å². The van der Waals surface area contributed by atoms with Crippen LogP contribution in [0.3, 0.4) is 0 Å². The molecule has 5 rings (SSSR count). The van der Waals surface area contributed by atoms with Gasteiger partial charge in [-0.3, -0.25) is 18.8 Å². The number of thiazole rings is 1. The Bertz CT molecular complexity index is 1710. The van der Waals surface area contributed by atoms with Gasteiger partial charge in [0, 0.05) is 28.0 Å². The maximum absolute atomic E-state index is 13.9. The molecule has 1 aliphatic rings. The van der Waals surface area contributed by atoms with Gasteiger partial charge in [-0.05, 0) is 63.6 Å². The zero-order valence-electron chi connectivity index (χ0n) is 20.9. The molecule has 1 amide bonds. The Morgan fingerprint density at radius 1 is 1.11 bits per heavy atom. The summed E-state index contributed by atoms with van der Waals surface area (Å²) in [6.45, 7) is 8.57. The van der Waals surface area contributed by atoms with Crippen molar-refractivity contribution < 1.29 is 4.79 Å². The van der Waals surface area contributed by atoms with Crippen molar-refractivity contribution >= 4 is 44.9 Å². The van der Waals surface area contributed by atoms with Gasteiger partial charge in [-0.1, -0.05) is 57.6 Å². The third-order valence-electron chi connectivity index (χ3n) is 6.50. The predicted molar refractivity (Wildman–Crippen MR) is 150 cm³/mol. The molecule has 1 atom stereocenters. The molecule has 37 heavy (non-hydrogen) atoms. The standard InChI is InChI=1S/C28H26BrN5O2S/c1-5-33-18(4)22(16(2)32-33)15-23-27(36)34-25(19-11-13-20(29)14-12-19)24(17(3)30-28(34)37-23)26(35)31-21-9-7-6-8-10-21/h6-15,25H,5H2,1-4H3,(H,31,35)/b23-15+. The fraction of sp³-hybridized carbons (Fsp3) is 0.214. The van der Waals surface area contributed by atoms with E-state index in [2.05, 4.69) is 26.3 Å². The van der Waals surface area contributed by atoms with Crippen LogP contribution in [-0.4, -0.2) is 20.3 Å². The minimum Gasteiger partial charge on any atom is -0.322 e. The molecule has 188 valence electrons. The molecule has 0 radical (unpaired) electrons. The average Bonchev–Trinajstić information content (AvgIpc) is 3.34. The van der Waals surface area contributed by atoms with E-state index in [1.54, 1.807) is 4.57 Å². The van der Waals surface area contributed by atoms with Crippen LogP contribution in [0.4, 0.5) is 5.69 Å². The minimum absolute atomic E-state index is 0.183. The number of nitrogens with zero attached hydrogens (tertiary/aromatic N) is 4. The first-order valence-corrected chi connectivity index (χ1v) is 13.6. The largest absolute Gasteiger partial charge is 0.322 e.